The lowest BCUT2D eigenvalue weighted by Crippen LogP contribution is -2.19. The molecular weight excluding hydrogens is 318 g/mol. The molecule has 1 aromatic heterocycles. The molecule has 6 heteroatoms. The molecule has 0 spiro atoms. The molecule has 2 aromatic carbocycles. The summed E-state index contributed by atoms with van der Waals surface area (Å²) in [7, 11) is 3.99. The number of para-hydroxylation sites is 2. The number of ether oxygens (including phenoxy) is 1. The van der Waals surface area contributed by atoms with Crippen LogP contribution in [0.5, 0.6) is 5.75 Å². The van der Waals surface area contributed by atoms with Crippen molar-refractivity contribution in [3.05, 3.63) is 54.3 Å². The summed E-state index contributed by atoms with van der Waals surface area (Å²) in [6.45, 7) is 1.42. The zero-order valence-electron chi connectivity index (χ0n) is 14.3. The number of hydrogen-bond acceptors (Lipinski definition) is 5. The van der Waals surface area contributed by atoms with E-state index in [1.54, 1.807) is 24.3 Å². The van der Waals surface area contributed by atoms with Crippen LogP contribution in [0.25, 0.3) is 11.0 Å². The molecule has 1 amide bonds. The Morgan fingerprint density at radius 1 is 1.20 bits per heavy atom. The minimum Gasteiger partial charge on any atom is -0.492 e. The van der Waals surface area contributed by atoms with Gasteiger partial charge in [0.2, 0.25) is 0 Å². The Hall–Kier alpha value is -2.99. The standard InChI is InChI=1S/C19H21N3O3/c1-22(2)9-10-24-14-7-8-17-13(11-14)12-18(25-17)19(23)21-16-6-4-3-5-15(16)20/h3-8,11-12H,9-10,20H2,1-2H3,(H,21,23). The number of benzene rings is 2. The maximum Gasteiger partial charge on any atom is 0.291 e. The molecule has 0 radical (unpaired) electrons. The van der Waals surface area contributed by atoms with Crippen molar-refractivity contribution in [2.45, 2.75) is 0 Å². The predicted molar refractivity (Wildman–Crippen MR) is 99.1 cm³/mol. The van der Waals surface area contributed by atoms with Gasteiger partial charge in [-0.15, -0.1) is 0 Å². The average Bonchev–Trinajstić information content (AvgIpc) is 3.00. The predicted octanol–water partition coefficient (Wildman–Crippen LogP) is 3.21. The van der Waals surface area contributed by atoms with E-state index < -0.39 is 0 Å². The van der Waals surface area contributed by atoms with Gasteiger partial charge in [0, 0.05) is 11.9 Å². The summed E-state index contributed by atoms with van der Waals surface area (Å²) in [5, 5.41) is 3.57. The first-order valence-electron chi connectivity index (χ1n) is 8.00. The molecule has 3 rings (SSSR count). The smallest absolute Gasteiger partial charge is 0.291 e. The van der Waals surface area contributed by atoms with Gasteiger partial charge in [-0.2, -0.15) is 0 Å². The number of nitrogen functional groups attached to an aromatic ring is 1. The highest BCUT2D eigenvalue weighted by Crippen LogP contribution is 2.25. The van der Waals surface area contributed by atoms with Crippen molar-refractivity contribution in [2.75, 3.05) is 38.3 Å². The quantitative estimate of drug-likeness (QED) is 0.674. The van der Waals surface area contributed by atoms with E-state index in [1.807, 2.05) is 43.3 Å². The van der Waals surface area contributed by atoms with E-state index in [9.17, 15) is 4.79 Å². The second-order valence-electron chi connectivity index (χ2n) is 6.00. The lowest BCUT2D eigenvalue weighted by atomic mass is 10.2. The van der Waals surface area contributed by atoms with Gasteiger partial charge in [-0.25, -0.2) is 0 Å². The largest absolute Gasteiger partial charge is 0.492 e. The second-order valence-corrected chi connectivity index (χ2v) is 6.00. The minimum atomic E-state index is -0.343. The van der Waals surface area contributed by atoms with Gasteiger partial charge in [0.05, 0.1) is 11.4 Å². The number of amides is 1. The molecule has 0 aliphatic heterocycles. The average molecular weight is 339 g/mol. The van der Waals surface area contributed by atoms with Gasteiger partial charge in [0.15, 0.2) is 5.76 Å². The van der Waals surface area contributed by atoms with Crippen molar-refractivity contribution in [3.8, 4) is 5.75 Å². The molecule has 1 heterocycles. The molecule has 3 N–H and O–H groups in total. The van der Waals surface area contributed by atoms with Crippen LogP contribution in [0.4, 0.5) is 11.4 Å². The zero-order valence-corrected chi connectivity index (χ0v) is 14.3. The number of carbonyl (C=O) groups is 1. The van der Waals surface area contributed by atoms with Crippen LogP contribution in [0.3, 0.4) is 0 Å². The van der Waals surface area contributed by atoms with Gasteiger partial charge in [0.25, 0.3) is 5.91 Å². The van der Waals surface area contributed by atoms with Crippen molar-refractivity contribution in [1.29, 1.82) is 0 Å². The van der Waals surface area contributed by atoms with Gasteiger partial charge < -0.3 is 25.1 Å². The fourth-order valence-electron chi connectivity index (χ4n) is 2.36. The van der Waals surface area contributed by atoms with E-state index in [0.717, 1.165) is 17.7 Å². The van der Waals surface area contributed by atoms with E-state index in [-0.39, 0.29) is 11.7 Å². The second kappa shape index (κ2) is 7.27. The van der Waals surface area contributed by atoms with Gasteiger partial charge in [-0.05, 0) is 50.5 Å². The first kappa shape index (κ1) is 16.9. The molecule has 0 aliphatic rings. The number of fused-ring (bicyclic) bond motifs is 1. The van der Waals surface area contributed by atoms with Crippen LogP contribution >= 0.6 is 0 Å². The van der Waals surface area contributed by atoms with Gasteiger partial charge in [-0.3, -0.25) is 4.79 Å². The van der Waals surface area contributed by atoms with Gasteiger partial charge in [0.1, 0.15) is 17.9 Å². The zero-order chi connectivity index (χ0) is 17.8. The maximum absolute atomic E-state index is 12.4. The molecule has 0 saturated heterocycles. The van der Waals surface area contributed by atoms with Crippen LogP contribution in [-0.4, -0.2) is 38.1 Å². The highest BCUT2D eigenvalue weighted by molar-refractivity contribution is 6.06. The monoisotopic (exact) mass is 339 g/mol. The molecule has 25 heavy (non-hydrogen) atoms. The summed E-state index contributed by atoms with van der Waals surface area (Å²) in [5.74, 6) is 0.627. The van der Waals surface area contributed by atoms with Gasteiger partial charge in [-0.1, -0.05) is 12.1 Å². The third-order valence-electron chi connectivity index (χ3n) is 3.73. The maximum atomic E-state index is 12.4. The Balaban J connectivity index is 1.74. The van der Waals surface area contributed by atoms with E-state index in [1.165, 1.54) is 0 Å². The van der Waals surface area contributed by atoms with Crippen molar-refractivity contribution in [2.24, 2.45) is 0 Å². The number of nitrogens with two attached hydrogens (primary N) is 1. The SMILES string of the molecule is CN(C)CCOc1ccc2oc(C(=O)Nc3ccccc3N)cc2c1. The van der Waals surface area contributed by atoms with Crippen molar-refractivity contribution >= 4 is 28.3 Å². The third-order valence-corrected chi connectivity index (χ3v) is 3.73. The molecule has 0 unspecified atom stereocenters. The highest BCUT2D eigenvalue weighted by Gasteiger charge is 2.14. The molecule has 0 saturated carbocycles. The third kappa shape index (κ3) is 4.10. The van der Waals surface area contributed by atoms with Crippen molar-refractivity contribution < 1.29 is 13.9 Å². The van der Waals surface area contributed by atoms with Crippen LogP contribution in [0, 0.1) is 0 Å². The van der Waals surface area contributed by atoms with Gasteiger partial charge >= 0.3 is 0 Å². The lowest BCUT2D eigenvalue weighted by Gasteiger charge is -2.10. The Bertz CT molecular complexity index is 887. The Morgan fingerprint density at radius 2 is 2.00 bits per heavy atom. The number of carbonyl (C=O) groups excluding carboxylic acids is 1. The molecule has 6 nitrogen and oxygen atoms in total. The molecule has 0 atom stereocenters. The fraction of sp³-hybridized carbons (Fsp3) is 0.211. The first-order valence-corrected chi connectivity index (χ1v) is 8.00. The summed E-state index contributed by atoms with van der Waals surface area (Å²) in [4.78, 5) is 14.4. The Morgan fingerprint density at radius 3 is 2.76 bits per heavy atom. The van der Waals surface area contributed by atoms with Crippen LogP contribution in [-0.2, 0) is 0 Å². The number of nitrogens with one attached hydrogen (secondary N) is 1. The highest BCUT2D eigenvalue weighted by atomic mass is 16.5. The summed E-state index contributed by atoms with van der Waals surface area (Å²) in [6, 6.07) is 14.3. The summed E-state index contributed by atoms with van der Waals surface area (Å²) in [5.41, 5.74) is 7.53. The number of furan rings is 1. The minimum absolute atomic E-state index is 0.226. The number of anilines is 2. The van der Waals surface area contributed by atoms with Crippen LogP contribution in [0.15, 0.2) is 52.9 Å². The van der Waals surface area contributed by atoms with E-state index >= 15 is 0 Å². The molecule has 130 valence electrons. The number of rotatable bonds is 6. The number of likely N-dealkylation sites (N-methyl/N-ethyl adjacent to an activating group) is 1. The Kier molecular flexibility index (Phi) is 4.90. The van der Waals surface area contributed by atoms with Crippen molar-refractivity contribution in [1.82, 2.24) is 4.90 Å². The number of nitrogens with zero attached hydrogens (tertiary/aromatic N) is 1. The topological polar surface area (TPSA) is 80.7 Å². The Labute approximate surface area is 146 Å². The summed E-state index contributed by atoms with van der Waals surface area (Å²) >= 11 is 0. The number of hydrogen-bond donors (Lipinski definition) is 2. The fourth-order valence-corrected chi connectivity index (χ4v) is 2.36. The lowest BCUT2D eigenvalue weighted by molar-refractivity contribution is 0.0999. The van der Waals surface area contributed by atoms with Crippen LogP contribution in [0.2, 0.25) is 0 Å². The first-order chi connectivity index (χ1) is 12.0. The van der Waals surface area contributed by atoms with E-state index in [2.05, 4.69) is 5.32 Å². The summed E-state index contributed by atoms with van der Waals surface area (Å²) < 4.78 is 11.3. The van der Waals surface area contributed by atoms with E-state index in [0.29, 0.717) is 23.6 Å². The summed E-state index contributed by atoms with van der Waals surface area (Å²) in [6.07, 6.45) is 0. The molecule has 0 bridgehead atoms. The molecular formula is C19H21N3O3. The normalized spacial score (nSPS) is 11.0. The van der Waals surface area contributed by atoms with E-state index in [4.69, 9.17) is 14.9 Å². The van der Waals surface area contributed by atoms with Crippen LogP contribution in [0.1, 0.15) is 10.6 Å². The van der Waals surface area contributed by atoms with Crippen molar-refractivity contribution in [3.63, 3.8) is 0 Å². The molecule has 0 aliphatic carbocycles. The van der Waals surface area contributed by atoms with Crippen LogP contribution < -0.4 is 15.8 Å². The molecule has 0 fully saturated rings. The molecule has 3 aromatic rings.